The minimum Gasteiger partial charge on any atom is -0.493 e. The molecule has 126 valence electrons. The lowest BCUT2D eigenvalue weighted by atomic mass is 10.0. The number of carbonyl (C=O) groups is 1. The Morgan fingerprint density at radius 3 is 3.08 bits per heavy atom. The van der Waals surface area contributed by atoms with Crippen molar-refractivity contribution >= 4 is 6.03 Å². The van der Waals surface area contributed by atoms with Gasteiger partial charge in [0.25, 0.3) is 0 Å². The van der Waals surface area contributed by atoms with E-state index < -0.39 is 0 Å². The maximum absolute atomic E-state index is 12.2. The molecule has 6 nitrogen and oxygen atoms in total. The van der Waals surface area contributed by atoms with Crippen LogP contribution in [-0.4, -0.2) is 24.2 Å². The third-order valence-corrected chi connectivity index (χ3v) is 3.83. The summed E-state index contributed by atoms with van der Waals surface area (Å²) < 4.78 is 11.1. The first-order valence-corrected chi connectivity index (χ1v) is 8.10. The minimum absolute atomic E-state index is 0.0461. The molecule has 1 aromatic carbocycles. The fraction of sp³-hybridized carbons (Fsp3) is 0.333. The summed E-state index contributed by atoms with van der Waals surface area (Å²) in [5, 5.41) is 5.87. The predicted octanol–water partition coefficient (Wildman–Crippen LogP) is 2.80. The van der Waals surface area contributed by atoms with Crippen LogP contribution in [0.2, 0.25) is 0 Å². The van der Waals surface area contributed by atoms with Crippen molar-refractivity contribution in [3.8, 4) is 11.6 Å². The van der Waals surface area contributed by atoms with Crippen LogP contribution < -0.4 is 20.1 Å². The van der Waals surface area contributed by atoms with E-state index in [1.807, 2.05) is 43.3 Å². The third-order valence-electron chi connectivity index (χ3n) is 3.83. The molecule has 3 rings (SSSR count). The average Bonchev–Trinajstić information content (AvgIpc) is 2.62. The summed E-state index contributed by atoms with van der Waals surface area (Å²) in [4.78, 5) is 16.4. The van der Waals surface area contributed by atoms with Crippen LogP contribution in [0.25, 0.3) is 0 Å². The van der Waals surface area contributed by atoms with Crippen LogP contribution in [0.4, 0.5) is 4.79 Å². The number of ether oxygens (including phenoxy) is 2. The third kappa shape index (κ3) is 3.76. The number of hydrogen-bond donors (Lipinski definition) is 2. The lowest BCUT2D eigenvalue weighted by molar-refractivity contribution is 0.223. The number of carbonyl (C=O) groups excluding carboxylic acids is 1. The monoisotopic (exact) mass is 327 g/mol. The van der Waals surface area contributed by atoms with E-state index in [9.17, 15) is 4.79 Å². The number of pyridine rings is 1. The zero-order chi connectivity index (χ0) is 16.8. The molecular formula is C18H21N3O3. The standard InChI is InChI=1S/C18H21N3O3/c1-2-23-17-13(6-5-10-19-17)12-20-18(22)21-15-9-11-24-16-8-4-3-7-14(15)16/h3-8,10,15H,2,9,11-12H2,1H3,(H2,20,21,22)/t15-/m0/s1. The van der Waals surface area contributed by atoms with Gasteiger partial charge in [0.1, 0.15) is 5.75 Å². The number of nitrogens with one attached hydrogen (secondary N) is 2. The van der Waals surface area contributed by atoms with Crippen molar-refractivity contribution in [3.63, 3.8) is 0 Å². The van der Waals surface area contributed by atoms with Crippen molar-refractivity contribution < 1.29 is 14.3 Å². The Labute approximate surface area is 141 Å². The summed E-state index contributed by atoms with van der Waals surface area (Å²) >= 11 is 0. The Hall–Kier alpha value is -2.76. The molecule has 2 N–H and O–H groups in total. The summed E-state index contributed by atoms with van der Waals surface area (Å²) in [6.45, 7) is 3.40. The highest BCUT2D eigenvalue weighted by molar-refractivity contribution is 5.74. The molecule has 0 fully saturated rings. The van der Waals surface area contributed by atoms with E-state index in [4.69, 9.17) is 9.47 Å². The van der Waals surface area contributed by atoms with Gasteiger partial charge in [-0.3, -0.25) is 0 Å². The summed E-state index contributed by atoms with van der Waals surface area (Å²) in [7, 11) is 0. The SMILES string of the molecule is CCOc1ncccc1CNC(=O)N[C@H]1CCOc2ccccc21. The normalized spacial score (nSPS) is 15.8. The average molecular weight is 327 g/mol. The number of hydrogen-bond acceptors (Lipinski definition) is 4. The smallest absolute Gasteiger partial charge is 0.315 e. The number of urea groups is 1. The van der Waals surface area contributed by atoms with Gasteiger partial charge in [0, 0.05) is 30.3 Å². The van der Waals surface area contributed by atoms with E-state index in [0.717, 1.165) is 23.3 Å². The Bertz CT molecular complexity index is 705. The molecular weight excluding hydrogens is 306 g/mol. The van der Waals surface area contributed by atoms with Crippen molar-refractivity contribution in [3.05, 3.63) is 53.7 Å². The molecule has 1 aliphatic rings. The van der Waals surface area contributed by atoms with Crippen molar-refractivity contribution in [1.29, 1.82) is 0 Å². The number of aromatic nitrogens is 1. The van der Waals surface area contributed by atoms with Gasteiger partial charge in [-0.1, -0.05) is 24.3 Å². The van der Waals surface area contributed by atoms with E-state index in [0.29, 0.717) is 25.6 Å². The first-order chi connectivity index (χ1) is 11.8. The van der Waals surface area contributed by atoms with Crippen molar-refractivity contribution in [2.75, 3.05) is 13.2 Å². The number of rotatable bonds is 5. The fourth-order valence-corrected chi connectivity index (χ4v) is 2.70. The molecule has 0 spiro atoms. The Morgan fingerprint density at radius 2 is 2.21 bits per heavy atom. The van der Waals surface area contributed by atoms with Gasteiger partial charge in [0.2, 0.25) is 5.88 Å². The lowest BCUT2D eigenvalue weighted by Crippen LogP contribution is -2.39. The van der Waals surface area contributed by atoms with Crippen LogP contribution >= 0.6 is 0 Å². The van der Waals surface area contributed by atoms with E-state index in [2.05, 4.69) is 15.6 Å². The Morgan fingerprint density at radius 1 is 1.33 bits per heavy atom. The number of nitrogens with zero attached hydrogens (tertiary/aromatic N) is 1. The summed E-state index contributed by atoms with van der Waals surface area (Å²) in [5.74, 6) is 1.39. The van der Waals surface area contributed by atoms with Crippen LogP contribution in [0.15, 0.2) is 42.6 Å². The number of fused-ring (bicyclic) bond motifs is 1. The summed E-state index contributed by atoms with van der Waals surface area (Å²) in [6, 6.07) is 11.2. The van der Waals surface area contributed by atoms with Gasteiger partial charge in [-0.2, -0.15) is 0 Å². The molecule has 2 heterocycles. The topological polar surface area (TPSA) is 72.5 Å². The molecule has 1 aromatic heterocycles. The number of benzene rings is 1. The zero-order valence-electron chi connectivity index (χ0n) is 13.6. The summed E-state index contributed by atoms with van der Waals surface area (Å²) in [6.07, 6.45) is 2.43. The second kappa shape index (κ2) is 7.68. The molecule has 0 saturated heterocycles. The van der Waals surface area contributed by atoms with Gasteiger partial charge in [-0.25, -0.2) is 9.78 Å². The quantitative estimate of drug-likeness (QED) is 0.886. The van der Waals surface area contributed by atoms with E-state index in [1.54, 1.807) is 6.20 Å². The first kappa shape index (κ1) is 16.1. The van der Waals surface area contributed by atoms with E-state index in [-0.39, 0.29) is 12.1 Å². The molecule has 0 unspecified atom stereocenters. The molecule has 0 bridgehead atoms. The molecule has 24 heavy (non-hydrogen) atoms. The van der Waals surface area contributed by atoms with E-state index >= 15 is 0 Å². The fourth-order valence-electron chi connectivity index (χ4n) is 2.70. The van der Waals surface area contributed by atoms with Crippen molar-refractivity contribution in [1.82, 2.24) is 15.6 Å². The molecule has 0 radical (unpaired) electrons. The molecule has 2 aromatic rings. The minimum atomic E-state index is -0.219. The van der Waals surface area contributed by atoms with Gasteiger partial charge in [0.15, 0.2) is 0 Å². The second-order valence-corrected chi connectivity index (χ2v) is 5.46. The van der Waals surface area contributed by atoms with Crippen LogP contribution in [-0.2, 0) is 6.54 Å². The molecule has 6 heteroatoms. The molecule has 0 aliphatic carbocycles. The second-order valence-electron chi connectivity index (χ2n) is 5.46. The van der Waals surface area contributed by atoms with Gasteiger partial charge in [-0.15, -0.1) is 0 Å². The van der Waals surface area contributed by atoms with Crippen LogP contribution in [0.5, 0.6) is 11.6 Å². The largest absolute Gasteiger partial charge is 0.493 e. The Kier molecular flexibility index (Phi) is 5.15. The first-order valence-electron chi connectivity index (χ1n) is 8.10. The molecule has 1 aliphatic heterocycles. The van der Waals surface area contributed by atoms with Crippen LogP contribution in [0.1, 0.15) is 30.5 Å². The highest BCUT2D eigenvalue weighted by Crippen LogP contribution is 2.31. The van der Waals surface area contributed by atoms with Crippen LogP contribution in [0, 0.1) is 0 Å². The zero-order valence-corrected chi connectivity index (χ0v) is 13.6. The molecule has 2 amide bonds. The molecule has 0 saturated carbocycles. The van der Waals surface area contributed by atoms with Crippen LogP contribution in [0.3, 0.4) is 0 Å². The highest BCUT2D eigenvalue weighted by atomic mass is 16.5. The maximum Gasteiger partial charge on any atom is 0.315 e. The highest BCUT2D eigenvalue weighted by Gasteiger charge is 2.22. The number of amides is 2. The van der Waals surface area contributed by atoms with Gasteiger partial charge in [0.05, 0.1) is 19.3 Å². The molecule has 1 atom stereocenters. The van der Waals surface area contributed by atoms with Gasteiger partial charge >= 0.3 is 6.03 Å². The Balaban J connectivity index is 1.59. The maximum atomic E-state index is 12.2. The van der Waals surface area contributed by atoms with Crippen molar-refractivity contribution in [2.45, 2.75) is 25.9 Å². The lowest BCUT2D eigenvalue weighted by Gasteiger charge is -2.26. The van der Waals surface area contributed by atoms with Gasteiger partial charge in [-0.05, 0) is 19.1 Å². The van der Waals surface area contributed by atoms with Crippen molar-refractivity contribution in [2.24, 2.45) is 0 Å². The predicted molar refractivity (Wildman–Crippen MR) is 90.1 cm³/mol. The van der Waals surface area contributed by atoms with Gasteiger partial charge < -0.3 is 20.1 Å². The van der Waals surface area contributed by atoms with E-state index in [1.165, 1.54) is 0 Å². The number of para-hydroxylation sites is 1. The summed E-state index contributed by atoms with van der Waals surface area (Å²) in [5.41, 5.74) is 1.86.